The zero-order valence-corrected chi connectivity index (χ0v) is 17.5. The van der Waals surface area contributed by atoms with Gasteiger partial charge in [-0.2, -0.15) is 0 Å². The Morgan fingerprint density at radius 1 is 0.933 bits per heavy atom. The van der Waals surface area contributed by atoms with Gasteiger partial charge in [-0.25, -0.2) is 0 Å². The molecule has 150 valence electrons. The van der Waals surface area contributed by atoms with Gasteiger partial charge in [0.15, 0.2) is 11.0 Å². The number of thioether (sulfide) groups is 1. The van der Waals surface area contributed by atoms with Crippen LogP contribution in [0.3, 0.4) is 0 Å². The number of carbonyl (C=O) groups excluding carboxylic acids is 2. The molecule has 0 unspecified atom stereocenters. The van der Waals surface area contributed by atoms with Gasteiger partial charge in [0.1, 0.15) is 0 Å². The molecule has 0 atom stereocenters. The maximum atomic E-state index is 12.3. The summed E-state index contributed by atoms with van der Waals surface area (Å²) >= 11 is 2.85. The minimum atomic E-state index is -0.411. The Labute approximate surface area is 182 Å². The van der Waals surface area contributed by atoms with Crippen molar-refractivity contribution < 1.29 is 9.59 Å². The topological polar surface area (TPSA) is 76.9 Å². The molecule has 4 aromatic rings. The third kappa shape index (κ3) is 4.84. The van der Waals surface area contributed by atoms with Crippen molar-refractivity contribution in [3.8, 4) is 10.7 Å². The van der Waals surface area contributed by atoms with Crippen molar-refractivity contribution in [2.24, 2.45) is 0 Å². The van der Waals surface area contributed by atoms with E-state index in [0.29, 0.717) is 17.3 Å². The van der Waals surface area contributed by atoms with E-state index < -0.39 is 5.91 Å². The summed E-state index contributed by atoms with van der Waals surface area (Å²) in [6.07, 6.45) is 0. The highest BCUT2D eigenvalue weighted by molar-refractivity contribution is 7.99. The molecular weight excluding hydrogens is 416 g/mol. The molecule has 0 fully saturated rings. The monoisotopic (exact) mass is 434 g/mol. The summed E-state index contributed by atoms with van der Waals surface area (Å²) in [7, 11) is 0. The van der Waals surface area contributed by atoms with Crippen LogP contribution >= 0.6 is 23.1 Å². The Hall–Kier alpha value is -3.23. The number of nitrogens with zero attached hydrogens (tertiary/aromatic N) is 3. The first-order valence-electron chi connectivity index (χ1n) is 9.24. The van der Waals surface area contributed by atoms with Gasteiger partial charge in [-0.3, -0.25) is 19.5 Å². The van der Waals surface area contributed by atoms with Gasteiger partial charge < -0.3 is 0 Å². The van der Waals surface area contributed by atoms with Crippen LogP contribution in [-0.4, -0.2) is 32.3 Å². The largest absolute Gasteiger partial charge is 0.297 e. The molecule has 6 nitrogen and oxygen atoms in total. The molecule has 4 rings (SSSR count). The highest BCUT2D eigenvalue weighted by Gasteiger charge is 2.17. The molecule has 2 amide bonds. The Bertz CT molecular complexity index is 1130. The molecule has 0 bridgehead atoms. The third-order valence-corrected chi connectivity index (χ3v) is 6.10. The molecule has 8 heteroatoms. The SMILES string of the molecule is O=C(CSc1nnc(-c2cccs2)n1Cc1ccccc1)NC(=O)c1ccccc1. The number of hydrogen-bond acceptors (Lipinski definition) is 6. The standard InChI is InChI=1S/C22H18N4O2S2/c27-19(23-21(28)17-10-5-2-6-11-17)15-30-22-25-24-20(18-12-7-13-29-18)26(22)14-16-8-3-1-4-9-16/h1-13H,14-15H2,(H,23,27,28). The first kappa shape index (κ1) is 20.1. The zero-order chi connectivity index (χ0) is 20.8. The normalized spacial score (nSPS) is 10.7. The Morgan fingerprint density at radius 2 is 1.67 bits per heavy atom. The van der Waals surface area contributed by atoms with E-state index in [1.54, 1.807) is 35.6 Å². The van der Waals surface area contributed by atoms with Crippen molar-refractivity contribution in [2.45, 2.75) is 11.7 Å². The third-order valence-electron chi connectivity index (χ3n) is 4.26. The van der Waals surface area contributed by atoms with E-state index in [-0.39, 0.29) is 11.7 Å². The molecule has 0 radical (unpaired) electrons. The molecule has 30 heavy (non-hydrogen) atoms. The lowest BCUT2D eigenvalue weighted by atomic mass is 10.2. The Morgan fingerprint density at radius 3 is 2.37 bits per heavy atom. The van der Waals surface area contributed by atoms with E-state index in [1.165, 1.54) is 11.8 Å². The second-order valence-corrected chi connectivity index (χ2v) is 8.28. The summed E-state index contributed by atoms with van der Waals surface area (Å²) in [5.41, 5.74) is 1.56. The van der Waals surface area contributed by atoms with E-state index in [4.69, 9.17) is 0 Å². The molecule has 0 aliphatic rings. The van der Waals surface area contributed by atoms with Gasteiger partial charge in [-0.05, 0) is 29.1 Å². The summed E-state index contributed by atoms with van der Waals surface area (Å²) in [6, 6.07) is 22.7. The van der Waals surface area contributed by atoms with E-state index in [2.05, 4.69) is 15.5 Å². The van der Waals surface area contributed by atoms with E-state index in [1.807, 2.05) is 58.5 Å². The predicted octanol–water partition coefficient (Wildman–Crippen LogP) is 4.10. The highest BCUT2D eigenvalue weighted by atomic mass is 32.2. The molecule has 2 heterocycles. The second-order valence-electron chi connectivity index (χ2n) is 6.39. The van der Waals surface area contributed by atoms with Crippen LogP contribution in [0.5, 0.6) is 0 Å². The molecule has 0 aliphatic carbocycles. The highest BCUT2D eigenvalue weighted by Crippen LogP contribution is 2.28. The maximum Gasteiger partial charge on any atom is 0.257 e. The van der Waals surface area contributed by atoms with Crippen molar-refractivity contribution in [2.75, 3.05) is 5.75 Å². The number of imide groups is 1. The van der Waals surface area contributed by atoms with Gasteiger partial charge in [0, 0.05) is 5.56 Å². The van der Waals surface area contributed by atoms with Crippen LogP contribution in [0.25, 0.3) is 10.7 Å². The predicted molar refractivity (Wildman–Crippen MR) is 119 cm³/mol. The number of nitrogens with one attached hydrogen (secondary N) is 1. The summed E-state index contributed by atoms with van der Waals surface area (Å²) in [4.78, 5) is 25.5. The van der Waals surface area contributed by atoms with Crippen LogP contribution in [-0.2, 0) is 11.3 Å². The summed E-state index contributed by atoms with van der Waals surface area (Å²) in [5, 5.41) is 13.7. The number of rotatable bonds is 7. The average Bonchev–Trinajstić information content (AvgIpc) is 3.44. The molecule has 0 saturated heterocycles. The average molecular weight is 435 g/mol. The first-order valence-corrected chi connectivity index (χ1v) is 11.1. The van der Waals surface area contributed by atoms with Crippen molar-refractivity contribution >= 4 is 34.9 Å². The lowest BCUT2D eigenvalue weighted by Gasteiger charge is -2.10. The number of carbonyl (C=O) groups is 2. The number of hydrogen-bond donors (Lipinski definition) is 1. The van der Waals surface area contributed by atoms with Gasteiger partial charge in [-0.1, -0.05) is 66.4 Å². The molecule has 2 aromatic heterocycles. The van der Waals surface area contributed by atoms with Crippen LogP contribution in [0.4, 0.5) is 0 Å². The second kappa shape index (κ2) is 9.51. The Balaban J connectivity index is 1.48. The molecule has 2 aromatic carbocycles. The molecular formula is C22H18N4O2S2. The number of benzene rings is 2. The minimum Gasteiger partial charge on any atom is -0.297 e. The number of amides is 2. The fourth-order valence-corrected chi connectivity index (χ4v) is 4.30. The first-order chi connectivity index (χ1) is 14.7. The van der Waals surface area contributed by atoms with Gasteiger partial charge in [0.2, 0.25) is 5.91 Å². The number of thiophene rings is 1. The lowest BCUT2D eigenvalue weighted by molar-refractivity contribution is -0.117. The van der Waals surface area contributed by atoms with Crippen LogP contribution < -0.4 is 5.32 Å². The van der Waals surface area contributed by atoms with Gasteiger partial charge in [0.05, 0.1) is 17.2 Å². The van der Waals surface area contributed by atoms with Gasteiger partial charge in [0.25, 0.3) is 5.91 Å². The zero-order valence-electron chi connectivity index (χ0n) is 15.9. The van der Waals surface area contributed by atoms with E-state index in [0.717, 1.165) is 16.3 Å². The van der Waals surface area contributed by atoms with Crippen molar-refractivity contribution in [1.82, 2.24) is 20.1 Å². The lowest BCUT2D eigenvalue weighted by Crippen LogP contribution is -2.31. The van der Waals surface area contributed by atoms with E-state index in [9.17, 15) is 9.59 Å². The quantitative estimate of drug-likeness (QED) is 0.443. The Kier molecular flexibility index (Phi) is 6.36. The number of aromatic nitrogens is 3. The fourth-order valence-electron chi connectivity index (χ4n) is 2.85. The summed E-state index contributed by atoms with van der Waals surface area (Å²) in [5.74, 6) is 0.0415. The fraction of sp³-hybridized carbons (Fsp3) is 0.0909. The molecule has 0 aliphatic heterocycles. The van der Waals surface area contributed by atoms with Crippen LogP contribution in [0, 0.1) is 0 Å². The molecule has 0 saturated carbocycles. The van der Waals surface area contributed by atoms with Crippen molar-refractivity contribution in [1.29, 1.82) is 0 Å². The van der Waals surface area contributed by atoms with Crippen molar-refractivity contribution in [3.05, 3.63) is 89.3 Å². The smallest absolute Gasteiger partial charge is 0.257 e. The minimum absolute atomic E-state index is 0.0654. The molecule has 1 N–H and O–H groups in total. The van der Waals surface area contributed by atoms with Crippen molar-refractivity contribution in [3.63, 3.8) is 0 Å². The summed E-state index contributed by atoms with van der Waals surface area (Å²) < 4.78 is 2.00. The van der Waals surface area contributed by atoms with E-state index >= 15 is 0 Å². The van der Waals surface area contributed by atoms with Gasteiger partial charge in [-0.15, -0.1) is 21.5 Å². The van der Waals surface area contributed by atoms with Gasteiger partial charge >= 0.3 is 0 Å². The van der Waals surface area contributed by atoms with Crippen LogP contribution in [0.1, 0.15) is 15.9 Å². The molecule has 0 spiro atoms. The maximum absolute atomic E-state index is 12.3. The summed E-state index contributed by atoms with van der Waals surface area (Å²) in [6.45, 7) is 0.591. The van der Waals surface area contributed by atoms with Crippen LogP contribution in [0.2, 0.25) is 0 Å². The van der Waals surface area contributed by atoms with Crippen LogP contribution in [0.15, 0.2) is 83.3 Å².